The number of para-hydroxylation sites is 10. The van der Waals surface area contributed by atoms with Gasteiger partial charge in [0.05, 0.1) is 88.4 Å². The van der Waals surface area contributed by atoms with Crippen LogP contribution >= 0.6 is 0 Å². The fourth-order valence-corrected chi connectivity index (χ4v) is 9.02. The Bertz CT molecular complexity index is 5030. The summed E-state index contributed by atoms with van der Waals surface area (Å²) in [7, 11) is 8.95. The van der Waals surface area contributed by atoms with Crippen molar-refractivity contribution >= 4 is 70.5 Å². The molecule has 6 N–H and O–H groups in total. The monoisotopic (exact) mass is 2410 g/mol. The Labute approximate surface area is 887 Å². The zero-order chi connectivity index (χ0) is 105. The number of allylic oxidation sites excluding steroid dienone is 8. The maximum atomic E-state index is 11.8. The summed E-state index contributed by atoms with van der Waals surface area (Å²) in [5, 5.41) is 186. The van der Waals surface area contributed by atoms with E-state index in [0.29, 0.717) is 67.9 Å². The Kier molecular flexibility index (Phi) is 79.7. The minimum Gasteiger partial charge on any atom is -0.869 e. The Hall–Kier alpha value is -17.1. The fraction of sp³-hybridized carbons (Fsp3) is 0.0714. The van der Waals surface area contributed by atoms with E-state index in [1.807, 2.05) is 182 Å². The molecule has 0 aliphatic heterocycles. The normalized spacial score (nSPS) is 10.7. The number of Topliss-reactive ketones (excluding diaryl/α,β-unsaturated/α-hetero) is 2. The standard InChI is InChI=1S/6C14H13NO2.3Dy.9NO3/c6*1-17-13-9-5-6-11(14(13)16)10-15-12-7-3-2-4-8-12;;;;9*2-1(3)4/h4*2-10,16H,1H3;2*2-10,15H,1H3;;;;;;;;;;;;/q;;;;;;3*+3;9*-1/b;;;;2*11-10-;;;;;;;;;;;;. The second kappa shape index (κ2) is 83.5. The van der Waals surface area contributed by atoms with Gasteiger partial charge in [0.25, 0.3) is 0 Å². The van der Waals surface area contributed by atoms with Crippen molar-refractivity contribution in [1.82, 2.24) is 0 Å². The third-order valence-corrected chi connectivity index (χ3v) is 14.4. The van der Waals surface area contributed by atoms with Crippen molar-refractivity contribution in [3.8, 4) is 46.0 Å². The molecule has 12 rings (SSSR count). The smallest absolute Gasteiger partial charge is 0.869 e. The van der Waals surface area contributed by atoms with Crippen LogP contribution in [0.2, 0.25) is 0 Å². The molecule has 10 aromatic carbocycles. The molecule has 753 valence electrons. The van der Waals surface area contributed by atoms with Crippen LogP contribution in [-0.2, 0) is 19.1 Å². The number of ether oxygens (including phenoxy) is 6. The third-order valence-electron chi connectivity index (χ3n) is 14.4. The first kappa shape index (κ1) is 135. The van der Waals surface area contributed by atoms with Gasteiger partial charge in [-0.15, -0.1) is 0 Å². The zero-order valence-corrected chi connectivity index (χ0v) is 79.2. The molecule has 0 aromatic heterocycles. The van der Waals surface area contributed by atoms with Gasteiger partial charge in [-0.05, 0) is 97.1 Å². The average Bonchev–Trinajstić information content (AvgIpc) is 0.884. The molecule has 0 heterocycles. The van der Waals surface area contributed by atoms with Crippen LogP contribution in [0.1, 0.15) is 22.3 Å². The van der Waals surface area contributed by atoms with Crippen LogP contribution in [0, 0.1) is 252 Å². The van der Waals surface area contributed by atoms with Gasteiger partial charge >= 0.3 is 115 Å². The number of hydrogen-bond donors (Lipinski definition) is 6. The van der Waals surface area contributed by atoms with Crippen molar-refractivity contribution in [2.75, 3.05) is 53.3 Å². The SMILES string of the molecule is COC1=CC=C/C(=C/Nc2ccccc2)C1=O.COC1=CC=C/C(=C/Nc2ccccc2)C1=O.COc1cccc(C=[NH+]c2ccccc2)c1[O-].COc1cccc(C=[NH+]c2ccccc2)c1[O-].COc1cccc(C=[NH+]c2ccccc2)c1[O-].COc1cccc(C=[NH+]c2ccccc2)c1[O-].O=[N+]([O-])[O-].O=[N+]([O-])[O-].O=[N+]([O-])[O-].O=[N+]([O-])[O-].O=[N+]([O-])[O-].O=[N+]([O-])[O-].O=[N+]([O-])[O-].O=[N+]([O-])[O-].O=[N+]([O-])[O-].[Dy+3].[Dy+3].[Dy+3]. The first-order chi connectivity index (χ1) is 65.4. The quantitative estimate of drug-likeness (QED) is 0.0265. The molecule has 0 saturated carbocycles. The number of anilines is 2. The van der Waals surface area contributed by atoms with Gasteiger partial charge in [-0.2, -0.15) is 0 Å². The molecule has 0 fully saturated rings. The molecule has 2 aliphatic rings. The molecule has 54 nitrogen and oxygen atoms in total. The van der Waals surface area contributed by atoms with E-state index in [-0.39, 0.29) is 149 Å². The van der Waals surface area contributed by atoms with Crippen molar-refractivity contribution in [2.45, 2.75) is 0 Å². The molecule has 0 saturated heterocycles. The first-order valence-electron chi connectivity index (χ1n) is 36.7. The van der Waals surface area contributed by atoms with Gasteiger partial charge in [0.15, 0.2) is 36.4 Å². The molecule has 2 aliphatic carbocycles. The van der Waals surface area contributed by atoms with Gasteiger partial charge in [-0.3, -0.25) is 9.59 Å². The molecule has 0 spiro atoms. The average molecular weight is 2410 g/mol. The molecule has 0 atom stereocenters. The Balaban J connectivity index is -0.000000360. The third kappa shape index (κ3) is 73.0. The van der Waals surface area contributed by atoms with Crippen LogP contribution < -0.4 is 70.0 Å². The number of ketones is 2. The van der Waals surface area contributed by atoms with Crippen molar-refractivity contribution < 1.29 is 239 Å². The zero-order valence-electron chi connectivity index (χ0n) is 73.1. The van der Waals surface area contributed by atoms with Crippen LogP contribution in [0.3, 0.4) is 0 Å². The molecular formula is C84H78Dy3N15O39. The molecule has 57 heteroatoms. The van der Waals surface area contributed by atoms with Gasteiger partial charge in [0.2, 0.25) is 34.3 Å². The van der Waals surface area contributed by atoms with E-state index in [4.69, 9.17) is 166 Å². The van der Waals surface area contributed by atoms with E-state index in [2.05, 4.69) is 30.6 Å². The van der Waals surface area contributed by atoms with E-state index in [1.165, 1.54) is 42.7 Å². The summed E-state index contributed by atoms with van der Waals surface area (Å²) >= 11 is 0. The second-order valence-corrected chi connectivity index (χ2v) is 23.2. The number of benzene rings is 10. The summed E-state index contributed by atoms with van der Waals surface area (Å²) in [6, 6.07) is 78.8. The van der Waals surface area contributed by atoms with Crippen molar-refractivity contribution in [3.05, 3.63) is 486 Å². The minimum absolute atomic E-state index is 0. The molecule has 0 unspecified atom stereocenters. The Morgan fingerprint density at radius 3 is 0.582 bits per heavy atom. The number of carbonyl (C=O) groups is 2. The van der Waals surface area contributed by atoms with Crippen LogP contribution in [0.5, 0.6) is 46.0 Å². The Morgan fingerprint density at radius 2 is 0.418 bits per heavy atom. The predicted molar refractivity (Wildman–Crippen MR) is 487 cm³/mol. The Morgan fingerprint density at radius 1 is 0.248 bits per heavy atom. The van der Waals surface area contributed by atoms with Gasteiger partial charge in [0, 0.05) is 106 Å². The van der Waals surface area contributed by atoms with Crippen LogP contribution in [0.15, 0.2) is 326 Å². The van der Waals surface area contributed by atoms with E-state index in [9.17, 15) is 30.0 Å². The van der Waals surface area contributed by atoms with Crippen molar-refractivity contribution in [1.29, 1.82) is 0 Å². The predicted octanol–water partition coefficient (Wildman–Crippen LogP) is 5.55. The van der Waals surface area contributed by atoms with Crippen molar-refractivity contribution in [2.24, 2.45) is 0 Å². The van der Waals surface area contributed by atoms with Gasteiger partial charge in [-0.1, -0.05) is 169 Å². The number of nitrogens with one attached hydrogen (secondary N) is 6. The second-order valence-electron chi connectivity index (χ2n) is 23.2. The van der Waals surface area contributed by atoms with Crippen molar-refractivity contribution in [3.63, 3.8) is 0 Å². The summed E-state index contributed by atoms with van der Waals surface area (Å²) in [5.41, 5.74) is 9.10. The number of nitrogens with zero attached hydrogens (tertiary/aromatic N) is 9. The van der Waals surface area contributed by atoms with Gasteiger partial charge < -0.3 is 197 Å². The number of hydrogen-bond acceptors (Lipinski definition) is 41. The van der Waals surface area contributed by atoms with Gasteiger partial charge in [0.1, 0.15) is 23.0 Å². The number of rotatable bonds is 18. The van der Waals surface area contributed by atoms with Crippen LogP contribution in [0.25, 0.3) is 0 Å². The maximum Gasteiger partial charge on any atom is 3.00 e. The van der Waals surface area contributed by atoms with Crippen LogP contribution in [0.4, 0.5) is 34.1 Å². The largest absolute Gasteiger partial charge is 3.00 e. The molecule has 0 amide bonds. The van der Waals surface area contributed by atoms with Crippen LogP contribution in [-0.4, -0.2) is 125 Å². The summed E-state index contributed by atoms with van der Waals surface area (Å²) < 4.78 is 29.9. The maximum absolute atomic E-state index is 11.8. The van der Waals surface area contributed by atoms with E-state index in [0.717, 1.165) is 34.1 Å². The number of carbonyl (C=O) groups excluding carboxylic acids is 2. The summed E-state index contributed by atoms with van der Waals surface area (Å²) in [6.45, 7) is 0. The molecule has 10 aromatic rings. The summed E-state index contributed by atoms with van der Waals surface area (Å²) in [5.74, 6) is 1.46. The number of methoxy groups -OCH3 is 6. The first-order valence-corrected chi connectivity index (χ1v) is 36.7. The molecule has 141 heavy (non-hydrogen) atoms. The summed E-state index contributed by atoms with van der Waals surface area (Å²) in [6.07, 6.45) is 20.5. The fourth-order valence-electron chi connectivity index (χ4n) is 9.02. The summed E-state index contributed by atoms with van der Waals surface area (Å²) in [4.78, 5) is 110. The van der Waals surface area contributed by atoms with E-state index >= 15 is 0 Å². The van der Waals surface area contributed by atoms with E-state index in [1.54, 1.807) is 147 Å². The molecule has 0 bridgehead atoms. The minimum atomic E-state index is -1.75. The van der Waals surface area contributed by atoms with E-state index < -0.39 is 45.8 Å². The van der Waals surface area contributed by atoms with Gasteiger partial charge in [-0.25, -0.2) is 20.0 Å². The molecule has 3 radical (unpaired) electrons. The molecular weight excluding hydrogens is 2330 g/mol. The topological polar surface area (TPSA) is 857 Å².